The second-order valence-corrected chi connectivity index (χ2v) is 6.14. The third kappa shape index (κ3) is 6.63. The molecule has 4 heteroatoms. The van der Waals surface area contributed by atoms with Crippen molar-refractivity contribution in [2.24, 2.45) is 0 Å². The van der Waals surface area contributed by atoms with E-state index in [1.807, 2.05) is 6.92 Å². The van der Waals surface area contributed by atoms with Crippen molar-refractivity contribution in [1.29, 1.82) is 0 Å². The SMILES string of the molecule is CCCS(=O)(O)=[Se]. The fourth-order valence-electron chi connectivity index (χ4n) is 0.258. The van der Waals surface area contributed by atoms with E-state index in [1.54, 1.807) is 0 Å². The Kier molecular flexibility index (Phi) is 3.07. The van der Waals surface area contributed by atoms with Crippen LogP contribution in [-0.4, -0.2) is 28.9 Å². The fraction of sp³-hybridized carbons (Fsp3) is 1.00. The van der Waals surface area contributed by atoms with Gasteiger partial charge in [0.15, 0.2) is 0 Å². The summed E-state index contributed by atoms with van der Waals surface area (Å²) in [5.41, 5.74) is 0. The molecule has 7 heavy (non-hydrogen) atoms. The summed E-state index contributed by atoms with van der Waals surface area (Å²) in [6.07, 6.45) is 0.752. The van der Waals surface area contributed by atoms with Gasteiger partial charge in [-0.1, -0.05) is 0 Å². The first-order valence-corrected chi connectivity index (χ1v) is 5.72. The van der Waals surface area contributed by atoms with E-state index < -0.39 is 8.14 Å². The van der Waals surface area contributed by atoms with E-state index in [-0.39, 0.29) is 0 Å². The summed E-state index contributed by atoms with van der Waals surface area (Å²) in [5, 5.41) is 0. The Hall–Kier alpha value is 0.629. The van der Waals surface area contributed by atoms with E-state index in [9.17, 15) is 4.21 Å². The number of hydrogen-bond donors (Lipinski definition) is 1. The first kappa shape index (κ1) is 7.63. The molecule has 0 radical (unpaired) electrons. The molecule has 0 aromatic rings. The van der Waals surface area contributed by atoms with Gasteiger partial charge in [0.05, 0.1) is 0 Å². The molecule has 0 fully saturated rings. The zero-order chi connectivity index (χ0) is 5.91. The second kappa shape index (κ2) is 2.82. The van der Waals surface area contributed by atoms with Gasteiger partial charge in [0, 0.05) is 0 Å². The molecule has 0 aliphatic carbocycles. The average Bonchev–Trinajstić information content (AvgIpc) is 1.30. The Morgan fingerprint density at radius 1 is 1.86 bits per heavy atom. The molecule has 0 aliphatic heterocycles. The Balaban J connectivity index is 3.60. The predicted octanol–water partition coefficient (Wildman–Crippen LogP) is 0.237. The third-order valence-electron chi connectivity index (χ3n) is 0.462. The van der Waals surface area contributed by atoms with Crippen LogP contribution in [0.5, 0.6) is 0 Å². The second-order valence-electron chi connectivity index (χ2n) is 1.29. The van der Waals surface area contributed by atoms with Crippen molar-refractivity contribution in [3.8, 4) is 0 Å². The molecule has 0 saturated heterocycles. The van der Waals surface area contributed by atoms with Crippen LogP contribution in [0.4, 0.5) is 0 Å². The van der Waals surface area contributed by atoms with Gasteiger partial charge >= 0.3 is 50.4 Å². The van der Waals surface area contributed by atoms with Crippen LogP contribution >= 0.6 is 0 Å². The first-order valence-electron chi connectivity index (χ1n) is 2.01. The van der Waals surface area contributed by atoms with Crippen molar-refractivity contribution < 1.29 is 8.76 Å². The van der Waals surface area contributed by atoms with Crippen LogP contribution in [0, 0.1) is 0 Å². The molecule has 0 bridgehead atoms. The number of rotatable bonds is 2. The monoisotopic (exact) mass is 188 g/mol. The summed E-state index contributed by atoms with van der Waals surface area (Å²) in [7, 11) is -2.55. The molecule has 0 heterocycles. The van der Waals surface area contributed by atoms with Crippen molar-refractivity contribution in [1.82, 2.24) is 0 Å². The minimum atomic E-state index is -2.55. The maximum atomic E-state index is 10.3. The fourth-order valence-corrected chi connectivity index (χ4v) is 1.82. The van der Waals surface area contributed by atoms with Crippen molar-refractivity contribution >= 4 is 22.5 Å². The van der Waals surface area contributed by atoms with Crippen LogP contribution in [0.2, 0.25) is 0 Å². The molecule has 0 aromatic heterocycles. The van der Waals surface area contributed by atoms with Gasteiger partial charge in [-0.05, 0) is 0 Å². The summed E-state index contributed by atoms with van der Waals surface area (Å²) in [6, 6.07) is 0. The average molecular weight is 187 g/mol. The van der Waals surface area contributed by atoms with Gasteiger partial charge in [-0.2, -0.15) is 0 Å². The zero-order valence-corrected chi connectivity index (χ0v) is 6.62. The van der Waals surface area contributed by atoms with Crippen molar-refractivity contribution in [2.45, 2.75) is 13.3 Å². The van der Waals surface area contributed by atoms with Crippen LogP contribution in [0.25, 0.3) is 0 Å². The molecule has 44 valence electrons. The first-order chi connectivity index (χ1) is 3.06. The van der Waals surface area contributed by atoms with E-state index in [2.05, 4.69) is 14.4 Å². The number of hydrogen-bond acceptors (Lipinski definition) is 1. The molecule has 0 amide bonds. The maximum absolute atomic E-state index is 10.3. The molecule has 1 unspecified atom stereocenters. The normalized spacial score (nSPS) is 18.6. The summed E-state index contributed by atoms with van der Waals surface area (Å²) in [6.45, 7) is 1.87. The molecule has 0 aliphatic rings. The molecule has 1 atom stereocenters. The summed E-state index contributed by atoms with van der Waals surface area (Å²) in [4.78, 5) is 0. The van der Waals surface area contributed by atoms with Gasteiger partial charge in [0.1, 0.15) is 0 Å². The van der Waals surface area contributed by atoms with Gasteiger partial charge < -0.3 is 0 Å². The van der Waals surface area contributed by atoms with Crippen LogP contribution in [-0.2, 0) is 8.14 Å². The molecule has 0 rings (SSSR count). The Labute approximate surface area is 50.8 Å². The van der Waals surface area contributed by atoms with Gasteiger partial charge in [0.25, 0.3) is 0 Å². The van der Waals surface area contributed by atoms with Gasteiger partial charge in [0.2, 0.25) is 0 Å². The van der Waals surface area contributed by atoms with Crippen LogP contribution in [0.1, 0.15) is 13.3 Å². The molecule has 0 spiro atoms. The summed E-state index contributed by atoms with van der Waals surface area (Å²) < 4.78 is 18.8. The van der Waals surface area contributed by atoms with Crippen molar-refractivity contribution in [3.63, 3.8) is 0 Å². The molecule has 1 N–H and O–H groups in total. The minimum absolute atomic E-state index is 0.368. The predicted molar refractivity (Wildman–Crippen MR) is 31.7 cm³/mol. The summed E-state index contributed by atoms with van der Waals surface area (Å²) >= 11 is 2.20. The van der Waals surface area contributed by atoms with E-state index in [4.69, 9.17) is 4.55 Å². The van der Waals surface area contributed by atoms with Crippen molar-refractivity contribution in [3.05, 3.63) is 0 Å². The quantitative estimate of drug-likeness (QED) is 0.628. The van der Waals surface area contributed by atoms with Gasteiger partial charge in [-0.3, -0.25) is 0 Å². The Morgan fingerprint density at radius 2 is 2.29 bits per heavy atom. The molecular weight excluding hydrogens is 179 g/mol. The van der Waals surface area contributed by atoms with Crippen molar-refractivity contribution in [2.75, 3.05) is 5.75 Å². The van der Waals surface area contributed by atoms with Crippen LogP contribution < -0.4 is 0 Å². The Morgan fingerprint density at radius 3 is 2.29 bits per heavy atom. The molecule has 0 aromatic carbocycles. The standard InChI is InChI=1S/C3H8O2SSe/c1-2-3-6(4,5)7/h2-3H2,1H3,(H,4,5,7). The van der Waals surface area contributed by atoms with Crippen LogP contribution in [0.15, 0.2) is 0 Å². The molecule has 0 saturated carbocycles. The topological polar surface area (TPSA) is 37.3 Å². The molecular formula is C3H8O2SSe. The summed E-state index contributed by atoms with van der Waals surface area (Å²) in [5.74, 6) is 0.368. The van der Waals surface area contributed by atoms with Gasteiger partial charge in [-0.15, -0.1) is 0 Å². The zero-order valence-electron chi connectivity index (χ0n) is 4.09. The van der Waals surface area contributed by atoms with E-state index in [0.29, 0.717) is 5.75 Å². The van der Waals surface area contributed by atoms with Crippen LogP contribution in [0.3, 0.4) is 0 Å². The van der Waals surface area contributed by atoms with E-state index >= 15 is 0 Å². The van der Waals surface area contributed by atoms with E-state index in [0.717, 1.165) is 6.42 Å². The third-order valence-corrected chi connectivity index (χ3v) is 2.44. The molecule has 2 nitrogen and oxygen atoms in total. The van der Waals surface area contributed by atoms with Gasteiger partial charge in [-0.25, -0.2) is 0 Å². The van der Waals surface area contributed by atoms with E-state index in [1.165, 1.54) is 0 Å². The Bertz CT molecular complexity index is 126.